The fourth-order valence-electron chi connectivity index (χ4n) is 5.20. The molecular weight excluding hydrogens is 745 g/mol. The predicted octanol–water partition coefficient (Wildman–Crippen LogP) is 0.381. The minimum atomic E-state index is 0. The molecule has 4 unspecified atom stereocenters. The molecule has 0 radical (unpaired) electrons. The molecule has 15 heteroatoms. The summed E-state index contributed by atoms with van der Waals surface area (Å²) in [6.45, 7) is 5.97. The lowest BCUT2D eigenvalue weighted by molar-refractivity contribution is -0.453. The van der Waals surface area contributed by atoms with Crippen molar-refractivity contribution in [3.63, 3.8) is 0 Å². The van der Waals surface area contributed by atoms with E-state index in [0.29, 0.717) is 11.8 Å². The fourth-order valence-corrected chi connectivity index (χ4v) is 9.45. The van der Waals surface area contributed by atoms with Gasteiger partial charge in [-0.2, -0.15) is 47.0 Å². The Morgan fingerprint density at radius 2 is 0.981 bits per heavy atom. The van der Waals surface area contributed by atoms with Gasteiger partial charge in [-0.25, -0.2) is 10.8 Å². The normalized spacial score (nSPS) is 18.8. The van der Waals surface area contributed by atoms with E-state index < -0.39 is 0 Å². The molecule has 0 spiro atoms. The molecule has 2 fully saturated rings. The summed E-state index contributed by atoms with van der Waals surface area (Å²) in [5.74, 6) is 8.57. The fraction of sp³-hybridized carbons (Fsp3) is 0.895. The first-order valence-corrected chi connectivity index (χ1v) is 23.5. The van der Waals surface area contributed by atoms with Gasteiger partial charge < -0.3 is 26.4 Å². The molecule has 318 valence electrons. The average molecular weight is 833 g/mol. The zero-order valence-electron chi connectivity index (χ0n) is 32.7. The lowest BCUT2D eigenvalue weighted by atomic mass is 9.87. The molecule has 53 heavy (non-hydrogen) atoms. The third kappa shape index (κ3) is 35.3. The number of thioether (sulfide) groups is 4. The summed E-state index contributed by atoms with van der Waals surface area (Å²) in [5, 5.41) is 13.6. The van der Waals surface area contributed by atoms with Crippen LogP contribution in [0.25, 0.3) is 0 Å². The number of rotatable bonds is 27. The monoisotopic (exact) mass is 833 g/mol. The van der Waals surface area contributed by atoms with E-state index in [1.807, 2.05) is 35.3 Å². The zero-order valence-corrected chi connectivity index (χ0v) is 36.0. The molecule has 0 heterocycles. The van der Waals surface area contributed by atoms with Gasteiger partial charge in [0, 0.05) is 64.7 Å². The van der Waals surface area contributed by atoms with Crippen LogP contribution in [0.15, 0.2) is 0 Å². The van der Waals surface area contributed by atoms with Crippen molar-refractivity contribution >= 4 is 70.5 Å². The number of hydrogen-bond acceptors (Lipinski definition) is 8. The minimum absolute atomic E-state index is 0. The van der Waals surface area contributed by atoms with E-state index in [1.165, 1.54) is 57.1 Å². The average Bonchev–Trinajstić information content (AvgIpc) is 3.10. The van der Waals surface area contributed by atoms with Crippen molar-refractivity contribution in [2.24, 2.45) is 28.9 Å². The van der Waals surface area contributed by atoms with Gasteiger partial charge in [0.15, 0.2) is 0 Å². The number of nitrogens with two attached hydrogens (primary N) is 6. The molecule has 2 aliphatic rings. The molecule has 16 N–H and O–H groups in total. The molecule has 0 saturated heterocycles. The van der Waals surface area contributed by atoms with E-state index in [9.17, 15) is 0 Å². The molecule has 2 saturated carbocycles. The standard InChI is InChI=1S/C18H36N4S2.C10H20N2O2.C8H18N2S2.2CH4.H2O/c1-15-9-10-16(15)24-14-12-22-18(20)8-6-4-3-5-7-17(19)21-11-13-23-2;1-13-9(11)7-5-3-4-6-8-10(12)14-2;9-3-5-11-7-1-2-8(7)12-6-4-10;;;/h15-16H,3-14H2,1-2H3,(H2,19,21)(H2,20,22);11-12H,3-8H2,1-2H3;7-8H,1-6,9-10H2;2*1H4;1H2/p+4. The second-order valence-corrected chi connectivity index (χ2v) is 18.0. The van der Waals surface area contributed by atoms with E-state index >= 15 is 0 Å². The van der Waals surface area contributed by atoms with Crippen LogP contribution < -0.4 is 43.7 Å². The van der Waals surface area contributed by atoms with Crippen molar-refractivity contribution < 1.29 is 35.8 Å². The summed E-state index contributed by atoms with van der Waals surface area (Å²) < 4.78 is 9.73. The lowest BCUT2D eigenvalue weighted by Crippen LogP contribution is -2.76. The molecule has 0 aromatic carbocycles. The van der Waals surface area contributed by atoms with E-state index in [4.69, 9.17) is 43.2 Å². The van der Waals surface area contributed by atoms with Crippen LogP contribution in [0.2, 0.25) is 0 Å². The molecule has 0 aromatic heterocycles. The Hall–Kier alpha value is -0.840. The SMILES string of the molecule is C.C.COC(=[NH2+])CCCCCCC(=[NH2+])OC.CSCC[NH+]=C(N)CCCCCCC(N)=[NH+]CCSC1CCC1C.NCCSC1CCC1SCCN.O. The van der Waals surface area contributed by atoms with Gasteiger partial charge in [-0.15, -0.1) is 0 Å². The largest absolute Gasteiger partial charge is 0.451 e. The molecule has 2 aliphatic carbocycles. The van der Waals surface area contributed by atoms with Crippen LogP contribution in [0.1, 0.15) is 125 Å². The Morgan fingerprint density at radius 1 is 0.604 bits per heavy atom. The predicted molar refractivity (Wildman–Crippen MR) is 243 cm³/mol. The van der Waals surface area contributed by atoms with Gasteiger partial charge in [0.1, 0.15) is 0 Å². The molecule has 0 amide bonds. The molecule has 4 atom stereocenters. The van der Waals surface area contributed by atoms with Gasteiger partial charge >= 0.3 is 11.8 Å². The van der Waals surface area contributed by atoms with Crippen LogP contribution in [-0.4, -0.2) is 114 Å². The maximum absolute atomic E-state index is 6.06. The van der Waals surface area contributed by atoms with Gasteiger partial charge in [0.05, 0.1) is 40.2 Å². The summed E-state index contributed by atoms with van der Waals surface area (Å²) in [5.41, 5.74) is 22.9. The Bertz CT molecular complexity index is 872. The van der Waals surface area contributed by atoms with Crippen molar-refractivity contribution in [1.82, 2.24) is 0 Å². The highest BCUT2D eigenvalue weighted by Crippen LogP contribution is 2.39. The summed E-state index contributed by atoms with van der Waals surface area (Å²) in [6.07, 6.45) is 20.6. The first kappa shape index (κ1) is 58.9. The van der Waals surface area contributed by atoms with Crippen molar-refractivity contribution in [3.8, 4) is 0 Å². The van der Waals surface area contributed by atoms with Gasteiger partial charge in [-0.05, 0) is 63.5 Å². The second kappa shape index (κ2) is 42.3. The van der Waals surface area contributed by atoms with Crippen molar-refractivity contribution in [2.75, 3.05) is 69.7 Å². The third-order valence-electron chi connectivity index (χ3n) is 8.80. The number of methoxy groups -OCH3 is 2. The molecule has 11 nitrogen and oxygen atoms in total. The highest BCUT2D eigenvalue weighted by Gasteiger charge is 2.30. The number of ether oxygens (including phenoxy) is 2. The maximum Gasteiger partial charge on any atom is 0.332 e. The lowest BCUT2D eigenvalue weighted by Gasteiger charge is -2.35. The molecule has 2 rings (SSSR count). The highest BCUT2D eigenvalue weighted by atomic mass is 32.2. The van der Waals surface area contributed by atoms with Crippen LogP contribution in [0, 0.1) is 5.92 Å². The Labute approximate surface area is 343 Å². The number of unbranched alkanes of at least 4 members (excludes halogenated alkanes) is 6. The summed E-state index contributed by atoms with van der Waals surface area (Å²) in [4.78, 5) is 6.65. The van der Waals surface area contributed by atoms with Crippen molar-refractivity contribution in [2.45, 2.75) is 140 Å². The van der Waals surface area contributed by atoms with Crippen LogP contribution in [-0.2, 0) is 9.47 Å². The molecular formula is C38H88N8O3S4+4. The van der Waals surface area contributed by atoms with Crippen LogP contribution in [0.5, 0.6) is 0 Å². The van der Waals surface area contributed by atoms with Gasteiger partial charge in [-0.3, -0.25) is 21.5 Å². The molecule has 0 bridgehead atoms. The number of hydrogen-bond donors (Lipinski definition) is 8. The maximum atomic E-state index is 6.06. The van der Waals surface area contributed by atoms with Crippen LogP contribution in [0.3, 0.4) is 0 Å². The molecule has 0 aliphatic heterocycles. The quantitative estimate of drug-likeness (QED) is 0.0322. The van der Waals surface area contributed by atoms with E-state index in [0.717, 1.165) is 128 Å². The molecule has 0 aromatic rings. The smallest absolute Gasteiger partial charge is 0.332 e. The van der Waals surface area contributed by atoms with Crippen LogP contribution in [0.4, 0.5) is 0 Å². The van der Waals surface area contributed by atoms with E-state index in [-0.39, 0.29) is 20.3 Å². The van der Waals surface area contributed by atoms with E-state index in [2.05, 4.69) is 34.9 Å². The summed E-state index contributed by atoms with van der Waals surface area (Å²) in [7, 11) is 3.20. The Morgan fingerprint density at radius 3 is 1.30 bits per heavy atom. The topological polar surface area (TPSA) is 233 Å². The van der Waals surface area contributed by atoms with Crippen molar-refractivity contribution in [1.29, 1.82) is 0 Å². The summed E-state index contributed by atoms with van der Waals surface area (Å²) in [6, 6.07) is 0. The first-order chi connectivity index (χ1) is 24.2. The first-order valence-electron chi connectivity index (χ1n) is 19.0. The number of nitrogens with one attached hydrogen (secondary N) is 2. The Balaban J connectivity index is -0.000000356. The van der Waals surface area contributed by atoms with Gasteiger partial charge in [-0.1, -0.05) is 47.5 Å². The van der Waals surface area contributed by atoms with Gasteiger partial charge in [0.2, 0.25) is 11.7 Å². The highest BCUT2D eigenvalue weighted by molar-refractivity contribution is 8.04. The third-order valence-corrected chi connectivity index (χ3v) is 14.1. The number of amidine groups is 2. The van der Waals surface area contributed by atoms with Gasteiger partial charge in [0.25, 0.3) is 0 Å². The zero-order chi connectivity index (χ0) is 37.2. The summed E-state index contributed by atoms with van der Waals surface area (Å²) >= 11 is 8.02. The second-order valence-electron chi connectivity index (χ2n) is 13.0. The van der Waals surface area contributed by atoms with Crippen LogP contribution >= 0.6 is 47.0 Å². The van der Waals surface area contributed by atoms with Crippen molar-refractivity contribution in [3.05, 3.63) is 0 Å². The van der Waals surface area contributed by atoms with E-state index in [1.54, 1.807) is 14.2 Å². The minimum Gasteiger partial charge on any atom is -0.451 e. The Kier molecular flexibility index (Phi) is 47.0.